The topological polar surface area (TPSA) is 121 Å². The highest BCUT2D eigenvalue weighted by Crippen LogP contribution is 2.21. The molecule has 2 aromatic heterocycles. The Morgan fingerprint density at radius 1 is 1.11 bits per heavy atom. The second-order valence-electron chi connectivity index (χ2n) is 8.41. The number of amides is 2. The first-order valence-corrected chi connectivity index (χ1v) is 12.9. The Balaban J connectivity index is 1.44. The third kappa shape index (κ3) is 6.62. The number of nitrogens with zero attached hydrogens (tertiary/aromatic N) is 3. The SMILES string of the molecule is CCc1cc(F)cc(CC(=O)N[C@@H](CC)C(=O)Nc2cc3c(=O)[nH]nc(CSc4ccccc4)n3n2)c1. The zero-order valence-corrected chi connectivity index (χ0v) is 21.3. The van der Waals surface area contributed by atoms with Gasteiger partial charge >= 0.3 is 0 Å². The molecule has 0 aliphatic heterocycles. The highest BCUT2D eigenvalue weighted by atomic mass is 32.2. The number of rotatable bonds is 10. The molecule has 1 atom stereocenters. The van der Waals surface area contributed by atoms with Gasteiger partial charge < -0.3 is 10.6 Å². The fourth-order valence-corrected chi connectivity index (χ4v) is 4.63. The van der Waals surface area contributed by atoms with Crippen molar-refractivity contribution in [2.45, 2.75) is 49.8 Å². The second-order valence-corrected chi connectivity index (χ2v) is 9.46. The number of nitrogens with one attached hydrogen (secondary N) is 3. The smallest absolute Gasteiger partial charge is 0.290 e. The van der Waals surface area contributed by atoms with E-state index in [-0.39, 0.29) is 17.8 Å². The molecule has 9 nitrogen and oxygen atoms in total. The summed E-state index contributed by atoms with van der Waals surface area (Å²) in [5, 5.41) is 16.3. The van der Waals surface area contributed by atoms with Crippen molar-refractivity contribution < 1.29 is 14.0 Å². The molecule has 2 amide bonds. The van der Waals surface area contributed by atoms with Gasteiger partial charge in [0.2, 0.25) is 11.8 Å². The highest BCUT2D eigenvalue weighted by Gasteiger charge is 2.21. The average molecular weight is 523 g/mol. The van der Waals surface area contributed by atoms with Crippen LogP contribution in [-0.2, 0) is 28.2 Å². The lowest BCUT2D eigenvalue weighted by molar-refractivity contribution is -0.126. The number of thioether (sulfide) groups is 1. The third-order valence-corrected chi connectivity index (χ3v) is 6.69. The fraction of sp³-hybridized carbons (Fsp3) is 0.269. The number of hydrogen-bond acceptors (Lipinski definition) is 6. The standard InChI is InChI=1S/C26H27FN6O3S/c1-3-16-10-17(12-18(27)11-16)13-24(34)28-20(4-2)25(35)29-22-14-21-26(36)31-30-23(33(21)32-22)15-37-19-8-6-5-7-9-19/h5-12,14,20H,3-4,13,15H2,1-2H3,(H,28,34)(H,31,36)(H,29,32,35)/t20-/m0/s1. The Morgan fingerprint density at radius 3 is 2.59 bits per heavy atom. The summed E-state index contributed by atoms with van der Waals surface area (Å²) in [7, 11) is 0. The van der Waals surface area contributed by atoms with Crippen LogP contribution < -0.4 is 16.2 Å². The molecular weight excluding hydrogens is 495 g/mol. The number of carbonyl (C=O) groups excluding carboxylic acids is 2. The van der Waals surface area contributed by atoms with Crippen LogP contribution in [0.3, 0.4) is 0 Å². The second kappa shape index (κ2) is 11.8. The molecule has 192 valence electrons. The molecule has 0 saturated heterocycles. The minimum Gasteiger partial charge on any atom is -0.344 e. The molecule has 0 unspecified atom stereocenters. The van der Waals surface area contributed by atoms with Crippen molar-refractivity contribution in [2.75, 3.05) is 5.32 Å². The number of benzene rings is 2. The minimum absolute atomic E-state index is 0.0492. The summed E-state index contributed by atoms with van der Waals surface area (Å²) in [6.07, 6.45) is 0.929. The van der Waals surface area contributed by atoms with Crippen LogP contribution in [-0.4, -0.2) is 37.7 Å². The molecule has 0 fully saturated rings. The zero-order valence-electron chi connectivity index (χ0n) is 20.5. The number of aromatic amines is 1. The Morgan fingerprint density at radius 2 is 1.86 bits per heavy atom. The van der Waals surface area contributed by atoms with Crippen LogP contribution in [0.5, 0.6) is 0 Å². The number of anilines is 1. The van der Waals surface area contributed by atoms with Crippen molar-refractivity contribution in [3.05, 3.63) is 87.7 Å². The molecule has 37 heavy (non-hydrogen) atoms. The molecule has 11 heteroatoms. The van der Waals surface area contributed by atoms with Gasteiger partial charge in [-0.1, -0.05) is 38.1 Å². The first-order chi connectivity index (χ1) is 17.9. The van der Waals surface area contributed by atoms with Gasteiger partial charge in [-0.15, -0.1) is 16.9 Å². The van der Waals surface area contributed by atoms with E-state index in [1.54, 1.807) is 13.0 Å². The number of aryl methyl sites for hydroxylation is 1. The van der Waals surface area contributed by atoms with Crippen LogP contribution in [0.2, 0.25) is 0 Å². The monoisotopic (exact) mass is 522 g/mol. The number of hydrogen-bond donors (Lipinski definition) is 3. The molecular formula is C26H27FN6O3S. The lowest BCUT2D eigenvalue weighted by atomic mass is 10.1. The van der Waals surface area contributed by atoms with E-state index in [0.29, 0.717) is 30.0 Å². The van der Waals surface area contributed by atoms with Crippen molar-refractivity contribution in [3.63, 3.8) is 0 Å². The first-order valence-electron chi connectivity index (χ1n) is 11.9. The van der Waals surface area contributed by atoms with Gasteiger partial charge in [-0.25, -0.2) is 14.0 Å². The highest BCUT2D eigenvalue weighted by molar-refractivity contribution is 7.98. The minimum atomic E-state index is -0.832. The summed E-state index contributed by atoms with van der Waals surface area (Å²) in [4.78, 5) is 38.8. The maximum Gasteiger partial charge on any atom is 0.290 e. The number of carbonyl (C=O) groups is 2. The first kappa shape index (κ1) is 26.1. The number of H-pyrrole nitrogens is 1. The third-order valence-electron chi connectivity index (χ3n) is 5.69. The van der Waals surface area contributed by atoms with Gasteiger partial charge in [0.25, 0.3) is 5.56 Å². The fourth-order valence-electron chi connectivity index (χ4n) is 3.80. The van der Waals surface area contributed by atoms with E-state index >= 15 is 0 Å². The zero-order chi connectivity index (χ0) is 26.4. The van der Waals surface area contributed by atoms with Gasteiger partial charge in [0.1, 0.15) is 17.4 Å². The predicted octanol–water partition coefficient (Wildman–Crippen LogP) is 3.49. The molecule has 2 aromatic carbocycles. The Labute approximate surface area is 216 Å². The van der Waals surface area contributed by atoms with Gasteiger partial charge in [-0.2, -0.15) is 5.10 Å². The van der Waals surface area contributed by atoms with Crippen molar-refractivity contribution in [1.82, 2.24) is 25.1 Å². The average Bonchev–Trinajstić information content (AvgIpc) is 3.31. The van der Waals surface area contributed by atoms with Crippen LogP contribution in [0.1, 0.15) is 37.2 Å². The van der Waals surface area contributed by atoms with E-state index in [9.17, 15) is 18.8 Å². The van der Waals surface area contributed by atoms with Crippen molar-refractivity contribution >= 4 is 34.9 Å². The van der Waals surface area contributed by atoms with Crippen molar-refractivity contribution in [3.8, 4) is 0 Å². The normalized spacial score (nSPS) is 11.9. The van der Waals surface area contributed by atoms with E-state index in [1.165, 1.54) is 34.5 Å². The molecule has 0 radical (unpaired) electrons. The Kier molecular flexibility index (Phi) is 8.34. The van der Waals surface area contributed by atoms with Gasteiger partial charge in [0.05, 0.1) is 12.2 Å². The molecule has 3 N–H and O–H groups in total. The lowest BCUT2D eigenvalue weighted by Gasteiger charge is -2.16. The Bertz CT molecular complexity index is 1470. The molecule has 2 heterocycles. The molecule has 0 spiro atoms. The van der Waals surface area contributed by atoms with Crippen LogP contribution >= 0.6 is 11.8 Å². The van der Waals surface area contributed by atoms with Gasteiger partial charge in [0.15, 0.2) is 11.6 Å². The summed E-state index contributed by atoms with van der Waals surface area (Å²) in [6, 6.07) is 14.9. The lowest BCUT2D eigenvalue weighted by Crippen LogP contribution is -2.44. The van der Waals surface area contributed by atoms with Crippen LogP contribution in [0, 0.1) is 5.82 Å². The maximum atomic E-state index is 13.8. The largest absolute Gasteiger partial charge is 0.344 e. The van der Waals surface area contributed by atoms with Crippen molar-refractivity contribution in [2.24, 2.45) is 0 Å². The van der Waals surface area contributed by atoms with Crippen LogP contribution in [0.4, 0.5) is 10.2 Å². The Hall–Kier alpha value is -3.99. The summed E-state index contributed by atoms with van der Waals surface area (Å²) in [5.41, 5.74) is 1.13. The summed E-state index contributed by atoms with van der Waals surface area (Å²) < 4.78 is 15.2. The van der Waals surface area contributed by atoms with E-state index in [1.807, 2.05) is 37.3 Å². The molecule has 4 rings (SSSR count). The van der Waals surface area contributed by atoms with E-state index in [0.717, 1.165) is 10.5 Å². The quantitative estimate of drug-likeness (QED) is 0.274. The number of aromatic nitrogens is 4. The maximum absolute atomic E-state index is 13.8. The molecule has 0 saturated carbocycles. The van der Waals surface area contributed by atoms with E-state index < -0.39 is 29.2 Å². The predicted molar refractivity (Wildman–Crippen MR) is 140 cm³/mol. The number of halogens is 1. The molecule has 0 bridgehead atoms. The molecule has 0 aliphatic rings. The molecule has 0 aliphatic carbocycles. The summed E-state index contributed by atoms with van der Waals surface area (Å²) >= 11 is 1.53. The van der Waals surface area contributed by atoms with Gasteiger partial charge in [-0.05, 0) is 48.2 Å². The van der Waals surface area contributed by atoms with E-state index in [4.69, 9.17) is 0 Å². The van der Waals surface area contributed by atoms with Crippen molar-refractivity contribution in [1.29, 1.82) is 0 Å². The summed E-state index contributed by atoms with van der Waals surface area (Å²) in [5.74, 6) is -0.154. The van der Waals surface area contributed by atoms with E-state index in [2.05, 4.69) is 25.9 Å². The van der Waals surface area contributed by atoms with Gasteiger partial charge in [0, 0.05) is 11.0 Å². The number of fused-ring (bicyclic) bond motifs is 1. The summed E-state index contributed by atoms with van der Waals surface area (Å²) in [6.45, 7) is 3.67. The van der Waals surface area contributed by atoms with Gasteiger partial charge in [-0.3, -0.25) is 14.4 Å². The molecule has 4 aromatic rings. The van der Waals surface area contributed by atoms with Crippen LogP contribution in [0.25, 0.3) is 5.52 Å². The van der Waals surface area contributed by atoms with Crippen LogP contribution in [0.15, 0.2) is 64.3 Å².